The second kappa shape index (κ2) is 6.38. The summed E-state index contributed by atoms with van der Waals surface area (Å²) in [5, 5.41) is 8.55. The molecule has 0 spiro atoms. The maximum atomic E-state index is 6.19. The van der Waals surface area contributed by atoms with Gasteiger partial charge in [-0.05, 0) is 40.9 Å². The third-order valence-electron chi connectivity index (χ3n) is 2.89. The van der Waals surface area contributed by atoms with Crippen molar-refractivity contribution >= 4 is 11.6 Å². The summed E-state index contributed by atoms with van der Waals surface area (Å²) in [7, 11) is 6.11. The number of nitrogens with zero attached hydrogens (tertiary/aromatic N) is 3. The van der Waals surface area contributed by atoms with E-state index in [1.165, 1.54) is 0 Å². The molecule has 0 fully saturated rings. The van der Waals surface area contributed by atoms with Gasteiger partial charge in [0.25, 0.3) is 0 Å². The van der Waals surface area contributed by atoms with Gasteiger partial charge >= 0.3 is 0 Å². The Morgan fingerprint density at radius 2 is 2.12 bits per heavy atom. The monoisotopic (exact) mass is 258 g/mol. The van der Waals surface area contributed by atoms with Gasteiger partial charge in [0, 0.05) is 19.6 Å². The molecule has 0 aliphatic rings. The van der Waals surface area contributed by atoms with E-state index in [1.54, 1.807) is 0 Å². The lowest BCUT2D eigenvalue weighted by Gasteiger charge is -2.16. The number of rotatable bonds is 6. The normalized spacial score (nSPS) is 13.4. The molecule has 0 bridgehead atoms. The highest BCUT2D eigenvalue weighted by Crippen LogP contribution is 2.19. The lowest BCUT2D eigenvalue weighted by Crippen LogP contribution is -2.30. The molecular weight excluding hydrogens is 236 g/mol. The molecule has 1 unspecified atom stereocenters. The average Bonchev–Trinajstić information content (AvgIpc) is 2.48. The van der Waals surface area contributed by atoms with Crippen LogP contribution in [0.15, 0.2) is 0 Å². The zero-order valence-corrected chi connectivity index (χ0v) is 12.2. The summed E-state index contributed by atoms with van der Waals surface area (Å²) in [6, 6.07) is 0.476. The predicted molar refractivity (Wildman–Crippen MR) is 72.4 cm³/mol. The molecule has 0 radical (unpaired) electrons. The van der Waals surface area contributed by atoms with Gasteiger partial charge in [-0.2, -0.15) is 5.10 Å². The van der Waals surface area contributed by atoms with Gasteiger partial charge in [0.05, 0.1) is 16.4 Å². The lowest BCUT2D eigenvalue weighted by molar-refractivity contribution is 0.364. The van der Waals surface area contributed by atoms with Crippen molar-refractivity contribution in [2.24, 2.45) is 7.05 Å². The minimum atomic E-state index is 0.476. The van der Waals surface area contributed by atoms with E-state index in [-0.39, 0.29) is 0 Å². The van der Waals surface area contributed by atoms with E-state index in [2.05, 4.69) is 36.3 Å². The van der Waals surface area contributed by atoms with Crippen molar-refractivity contribution in [1.29, 1.82) is 0 Å². The number of aryl methyl sites for hydroxylation is 2. The summed E-state index contributed by atoms with van der Waals surface area (Å²) in [6.45, 7) is 5.99. The zero-order chi connectivity index (χ0) is 13.0. The quantitative estimate of drug-likeness (QED) is 0.845. The molecule has 98 valence electrons. The van der Waals surface area contributed by atoms with Crippen molar-refractivity contribution in [2.75, 3.05) is 20.6 Å². The number of hydrogen-bond acceptors (Lipinski definition) is 3. The van der Waals surface area contributed by atoms with Gasteiger partial charge in [0.2, 0.25) is 0 Å². The van der Waals surface area contributed by atoms with Crippen LogP contribution in [0.5, 0.6) is 0 Å². The van der Waals surface area contributed by atoms with Crippen molar-refractivity contribution < 1.29 is 0 Å². The van der Waals surface area contributed by atoms with Crippen molar-refractivity contribution in [3.8, 4) is 0 Å². The Morgan fingerprint density at radius 3 is 2.59 bits per heavy atom. The van der Waals surface area contributed by atoms with Crippen LogP contribution in [0.2, 0.25) is 5.02 Å². The maximum absolute atomic E-state index is 6.19. The number of nitrogens with one attached hydrogen (secondary N) is 1. The van der Waals surface area contributed by atoms with Gasteiger partial charge < -0.3 is 10.2 Å². The largest absolute Gasteiger partial charge is 0.309 e. The van der Waals surface area contributed by atoms with Crippen LogP contribution in [-0.2, 0) is 13.6 Å². The summed E-state index contributed by atoms with van der Waals surface area (Å²) >= 11 is 6.19. The lowest BCUT2D eigenvalue weighted by atomic mass is 10.2. The van der Waals surface area contributed by atoms with E-state index in [1.807, 2.05) is 18.7 Å². The van der Waals surface area contributed by atoms with Gasteiger partial charge in [0.15, 0.2) is 0 Å². The molecule has 1 atom stereocenters. The molecule has 0 saturated heterocycles. The van der Waals surface area contributed by atoms with Gasteiger partial charge in [-0.15, -0.1) is 0 Å². The Bertz CT molecular complexity index is 360. The van der Waals surface area contributed by atoms with E-state index in [9.17, 15) is 0 Å². The molecule has 17 heavy (non-hydrogen) atoms. The molecule has 0 amide bonds. The summed E-state index contributed by atoms with van der Waals surface area (Å²) in [6.07, 6.45) is 1.13. The fourth-order valence-corrected chi connectivity index (χ4v) is 1.92. The summed E-state index contributed by atoms with van der Waals surface area (Å²) in [5.41, 5.74) is 1.95. The fourth-order valence-electron chi connectivity index (χ4n) is 1.70. The van der Waals surface area contributed by atoms with E-state index >= 15 is 0 Å². The fraction of sp³-hybridized carbons (Fsp3) is 0.750. The summed E-state index contributed by atoms with van der Waals surface area (Å²) in [5.74, 6) is 0. The molecule has 1 heterocycles. The van der Waals surface area contributed by atoms with Crippen LogP contribution >= 0.6 is 11.6 Å². The second-order valence-electron chi connectivity index (χ2n) is 4.84. The highest BCUT2D eigenvalue weighted by atomic mass is 35.5. The topological polar surface area (TPSA) is 33.1 Å². The van der Waals surface area contributed by atoms with Crippen LogP contribution in [0.1, 0.15) is 24.7 Å². The summed E-state index contributed by atoms with van der Waals surface area (Å²) in [4.78, 5) is 2.19. The first-order valence-electron chi connectivity index (χ1n) is 5.98. The standard InChI is InChI=1S/C12H23ClN4/c1-9(6-7-16(3)4)14-8-11-12(13)10(2)15-17(11)5/h9,14H,6-8H2,1-5H3. The van der Waals surface area contributed by atoms with Crippen LogP contribution in [0, 0.1) is 6.92 Å². The Hall–Kier alpha value is -0.580. The molecular formula is C12H23ClN4. The Kier molecular flexibility index (Phi) is 5.43. The van der Waals surface area contributed by atoms with Crippen molar-refractivity contribution in [3.05, 3.63) is 16.4 Å². The number of halogens is 1. The smallest absolute Gasteiger partial charge is 0.0860 e. The van der Waals surface area contributed by atoms with Crippen LogP contribution < -0.4 is 5.32 Å². The van der Waals surface area contributed by atoms with Crippen LogP contribution in [0.4, 0.5) is 0 Å². The van der Waals surface area contributed by atoms with Gasteiger partial charge in [-0.25, -0.2) is 0 Å². The van der Waals surface area contributed by atoms with Crippen LogP contribution in [0.25, 0.3) is 0 Å². The van der Waals surface area contributed by atoms with Crippen LogP contribution in [0.3, 0.4) is 0 Å². The first kappa shape index (κ1) is 14.5. The number of hydrogen-bond donors (Lipinski definition) is 1. The first-order chi connectivity index (χ1) is 7.91. The third-order valence-corrected chi connectivity index (χ3v) is 3.38. The number of aromatic nitrogens is 2. The molecule has 0 aliphatic carbocycles. The Morgan fingerprint density at radius 1 is 1.47 bits per heavy atom. The van der Waals surface area contributed by atoms with Crippen molar-refractivity contribution in [1.82, 2.24) is 20.0 Å². The highest BCUT2D eigenvalue weighted by molar-refractivity contribution is 6.31. The van der Waals surface area contributed by atoms with Gasteiger partial charge in [-0.1, -0.05) is 11.6 Å². The third kappa shape index (κ3) is 4.30. The first-order valence-corrected chi connectivity index (χ1v) is 6.35. The van der Waals surface area contributed by atoms with Crippen molar-refractivity contribution in [2.45, 2.75) is 32.9 Å². The molecule has 4 nitrogen and oxygen atoms in total. The molecule has 1 aromatic heterocycles. The molecule has 0 aromatic carbocycles. The highest BCUT2D eigenvalue weighted by Gasteiger charge is 2.11. The minimum Gasteiger partial charge on any atom is -0.309 e. The van der Waals surface area contributed by atoms with Crippen molar-refractivity contribution in [3.63, 3.8) is 0 Å². The molecule has 0 aliphatic heterocycles. The van der Waals surface area contributed by atoms with E-state index in [4.69, 9.17) is 11.6 Å². The Balaban J connectivity index is 2.44. The minimum absolute atomic E-state index is 0.476. The van der Waals surface area contributed by atoms with E-state index in [0.717, 1.165) is 35.9 Å². The summed E-state index contributed by atoms with van der Waals surface area (Å²) < 4.78 is 1.85. The maximum Gasteiger partial charge on any atom is 0.0860 e. The predicted octanol–water partition coefficient (Wildman–Crippen LogP) is 1.81. The second-order valence-corrected chi connectivity index (χ2v) is 5.22. The Labute approximate surface area is 109 Å². The SMILES string of the molecule is Cc1nn(C)c(CNC(C)CCN(C)C)c1Cl. The van der Waals surface area contributed by atoms with Crippen LogP contribution in [-0.4, -0.2) is 41.4 Å². The van der Waals surface area contributed by atoms with Gasteiger partial charge in [0.1, 0.15) is 0 Å². The van der Waals surface area contributed by atoms with E-state index < -0.39 is 0 Å². The molecule has 0 saturated carbocycles. The molecule has 1 rings (SSSR count). The zero-order valence-electron chi connectivity index (χ0n) is 11.4. The van der Waals surface area contributed by atoms with Gasteiger partial charge in [-0.3, -0.25) is 4.68 Å². The molecule has 1 N–H and O–H groups in total. The molecule has 5 heteroatoms. The average molecular weight is 259 g/mol. The van der Waals surface area contributed by atoms with E-state index in [0.29, 0.717) is 6.04 Å². The molecule has 1 aromatic rings.